The van der Waals surface area contributed by atoms with Crippen molar-refractivity contribution in [2.45, 2.75) is 48.4 Å². The van der Waals surface area contributed by atoms with E-state index in [1.165, 1.54) is 12.3 Å². The van der Waals surface area contributed by atoms with Gasteiger partial charge >= 0.3 is 0 Å². The lowest BCUT2D eigenvalue weighted by Gasteiger charge is -2.15. The first-order chi connectivity index (χ1) is 12.7. The summed E-state index contributed by atoms with van der Waals surface area (Å²) in [5, 5.41) is 1.95. The number of carbonyl (C=O) groups is 1. The van der Waals surface area contributed by atoms with Gasteiger partial charge < -0.3 is 14.8 Å². The lowest BCUT2D eigenvalue weighted by Crippen LogP contribution is -2.29. The van der Waals surface area contributed by atoms with Crippen LogP contribution in [-0.2, 0) is 17.8 Å². The van der Waals surface area contributed by atoms with E-state index in [2.05, 4.69) is 5.32 Å². The number of nitrogens with one attached hydrogen (secondary N) is 1. The Labute approximate surface area is 165 Å². The van der Waals surface area contributed by atoms with Gasteiger partial charge in [0, 0.05) is 18.2 Å². The molecule has 0 spiro atoms. The van der Waals surface area contributed by atoms with Crippen molar-refractivity contribution < 1.29 is 18.0 Å². The van der Waals surface area contributed by atoms with Crippen LogP contribution >= 0.6 is 23.4 Å². The molecule has 1 amide bonds. The van der Waals surface area contributed by atoms with Crippen LogP contribution in [0.1, 0.15) is 18.4 Å². The summed E-state index contributed by atoms with van der Waals surface area (Å²) in [6.45, 7) is -0.0176. The molecule has 3 atom stereocenters. The summed E-state index contributed by atoms with van der Waals surface area (Å²) in [4.78, 5) is 26.7. The minimum absolute atomic E-state index is 0.00294. The molecule has 0 radical (unpaired) electrons. The Bertz CT molecular complexity index is 707. The van der Waals surface area contributed by atoms with E-state index in [1.54, 1.807) is 0 Å². The number of carbonyl (C=O) groups excluding carboxylic acids is 1. The fraction of sp³-hybridized carbons (Fsp3) is 0.647. The van der Waals surface area contributed by atoms with Gasteiger partial charge in [-0.2, -0.15) is 0 Å². The number of aryl methyl sites for hydroxylation is 1. The first-order valence-corrected chi connectivity index (χ1v) is 9.96. The molecule has 0 saturated carbocycles. The van der Waals surface area contributed by atoms with Gasteiger partial charge in [0.2, 0.25) is 5.91 Å². The van der Waals surface area contributed by atoms with Crippen LogP contribution in [0.2, 0.25) is 0 Å². The topological polar surface area (TPSA) is 54.3 Å². The molecule has 152 valence electrons. The monoisotopic (exact) mass is 425 g/mol. The van der Waals surface area contributed by atoms with E-state index < -0.39 is 40.6 Å². The van der Waals surface area contributed by atoms with Gasteiger partial charge in [0.25, 0.3) is 12.0 Å². The van der Waals surface area contributed by atoms with E-state index >= 15 is 0 Å². The molecule has 1 aromatic rings. The molecular weight excluding hydrogens is 403 g/mol. The highest BCUT2D eigenvalue weighted by atomic mass is 35.5. The van der Waals surface area contributed by atoms with Crippen molar-refractivity contribution in [1.29, 1.82) is 0 Å². The average molecular weight is 426 g/mol. The lowest BCUT2D eigenvalue weighted by molar-refractivity contribution is -0.115. The van der Waals surface area contributed by atoms with Crippen LogP contribution in [-0.4, -0.2) is 58.6 Å². The van der Waals surface area contributed by atoms with Gasteiger partial charge in [-0.3, -0.25) is 9.59 Å². The van der Waals surface area contributed by atoms with Crippen molar-refractivity contribution in [2.24, 2.45) is 0 Å². The second kappa shape index (κ2) is 9.84. The third kappa shape index (κ3) is 6.43. The number of rotatable bonds is 8. The van der Waals surface area contributed by atoms with E-state index in [4.69, 9.17) is 11.6 Å². The molecule has 1 aliphatic rings. The SMILES string of the molecule is CN(C)CCCc1cc(NC(=O)C2CC(F)C(Cl)S2)cn(CC(F)F)c1=O. The Hall–Kier alpha value is -1.19. The van der Waals surface area contributed by atoms with E-state index in [0.717, 1.165) is 22.9 Å². The molecule has 1 aliphatic heterocycles. The van der Waals surface area contributed by atoms with E-state index in [0.29, 0.717) is 18.4 Å². The van der Waals surface area contributed by atoms with Gasteiger partial charge in [-0.05, 0) is 39.5 Å². The number of nitrogens with zero attached hydrogens (tertiary/aromatic N) is 2. The highest BCUT2D eigenvalue weighted by molar-refractivity contribution is 8.02. The van der Waals surface area contributed by atoms with Crippen molar-refractivity contribution in [3.63, 3.8) is 0 Å². The zero-order valence-corrected chi connectivity index (χ0v) is 16.7. The van der Waals surface area contributed by atoms with Gasteiger partial charge in [-0.15, -0.1) is 23.4 Å². The second-order valence-electron chi connectivity index (χ2n) is 6.73. The van der Waals surface area contributed by atoms with Crippen LogP contribution in [0.25, 0.3) is 0 Å². The lowest BCUT2D eigenvalue weighted by atomic mass is 10.1. The number of hydrogen-bond donors (Lipinski definition) is 1. The number of hydrogen-bond acceptors (Lipinski definition) is 4. The summed E-state index contributed by atoms with van der Waals surface area (Å²) in [6, 6.07) is 1.50. The number of thioether (sulfide) groups is 1. The number of anilines is 1. The van der Waals surface area contributed by atoms with Crippen molar-refractivity contribution in [1.82, 2.24) is 9.47 Å². The zero-order chi connectivity index (χ0) is 20.1. The van der Waals surface area contributed by atoms with Gasteiger partial charge in [-0.25, -0.2) is 13.2 Å². The number of amides is 1. The van der Waals surface area contributed by atoms with Gasteiger partial charge in [0.05, 0.1) is 17.5 Å². The van der Waals surface area contributed by atoms with Gasteiger partial charge in [-0.1, -0.05) is 0 Å². The molecule has 0 bridgehead atoms. The number of pyridine rings is 1. The van der Waals surface area contributed by atoms with Crippen LogP contribution in [0.3, 0.4) is 0 Å². The summed E-state index contributed by atoms with van der Waals surface area (Å²) in [7, 11) is 3.79. The highest BCUT2D eigenvalue weighted by Gasteiger charge is 2.37. The van der Waals surface area contributed by atoms with Crippen LogP contribution in [0.4, 0.5) is 18.9 Å². The average Bonchev–Trinajstić information content (AvgIpc) is 2.90. The molecule has 5 nitrogen and oxygen atoms in total. The molecule has 3 unspecified atom stereocenters. The van der Waals surface area contributed by atoms with Crippen LogP contribution < -0.4 is 10.9 Å². The van der Waals surface area contributed by atoms with E-state index in [9.17, 15) is 22.8 Å². The Morgan fingerprint density at radius 1 is 1.48 bits per heavy atom. The largest absolute Gasteiger partial charge is 0.324 e. The van der Waals surface area contributed by atoms with Gasteiger partial charge in [0.1, 0.15) is 10.9 Å². The van der Waals surface area contributed by atoms with Crippen LogP contribution in [0.15, 0.2) is 17.1 Å². The normalized spacial score (nSPS) is 22.6. The Balaban J connectivity index is 2.18. The van der Waals surface area contributed by atoms with Crippen LogP contribution in [0, 0.1) is 0 Å². The fourth-order valence-electron chi connectivity index (χ4n) is 2.82. The van der Waals surface area contributed by atoms with Crippen molar-refractivity contribution in [3.05, 3.63) is 28.2 Å². The maximum atomic E-state index is 13.5. The number of halogens is 4. The van der Waals surface area contributed by atoms with E-state index in [1.807, 2.05) is 19.0 Å². The summed E-state index contributed by atoms with van der Waals surface area (Å²) in [5.41, 5.74) is 0.106. The smallest absolute Gasteiger partial charge is 0.256 e. The van der Waals surface area contributed by atoms with Crippen molar-refractivity contribution in [2.75, 3.05) is 26.0 Å². The molecule has 1 aromatic heterocycles. The molecule has 10 heteroatoms. The zero-order valence-electron chi connectivity index (χ0n) is 15.1. The van der Waals surface area contributed by atoms with Crippen molar-refractivity contribution >= 4 is 35.0 Å². The Morgan fingerprint density at radius 2 is 2.19 bits per heavy atom. The maximum Gasteiger partial charge on any atom is 0.256 e. The predicted molar refractivity (Wildman–Crippen MR) is 103 cm³/mol. The standard InChI is InChI=1S/C17H23ClF3N3O2S/c1-23(2)5-3-4-10-6-11(8-24(17(10)26)9-14(20)21)22-16(25)13-7-12(19)15(18)27-13/h6,8,12-15H,3-5,7,9H2,1-2H3,(H,22,25). The molecule has 1 N–H and O–H groups in total. The number of aromatic nitrogens is 1. The Kier molecular flexibility index (Phi) is 8.05. The second-order valence-corrected chi connectivity index (χ2v) is 8.80. The fourth-order valence-corrected chi connectivity index (χ4v) is 4.36. The molecule has 1 fully saturated rings. The molecule has 0 aromatic carbocycles. The third-order valence-corrected chi connectivity index (χ3v) is 6.00. The molecule has 27 heavy (non-hydrogen) atoms. The number of alkyl halides is 4. The minimum Gasteiger partial charge on any atom is -0.324 e. The molecule has 2 rings (SSSR count). The summed E-state index contributed by atoms with van der Waals surface area (Å²) in [5.74, 6) is -0.452. The Morgan fingerprint density at radius 3 is 2.74 bits per heavy atom. The molecule has 2 heterocycles. The summed E-state index contributed by atoms with van der Waals surface area (Å²) < 4.78 is 39.3. The first-order valence-electron chi connectivity index (χ1n) is 8.58. The quantitative estimate of drug-likeness (QED) is 0.651. The molecular formula is C17H23ClF3N3O2S. The van der Waals surface area contributed by atoms with Gasteiger partial charge in [0.15, 0.2) is 0 Å². The molecule has 0 aliphatic carbocycles. The highest BCUT2D eigenvalue weighted by Crippen LogP contribution is 2.38. The third-order valence-electron chi connectivity index (χ3n) is 4.12. The minimum atomic E-state index is -2.70. The molecule has 1 saturated heterocycles. The summed E-state index contributed by atoms with van der Waals surface area (Å²) >= 11 is 6.82. The van der Waals surface area contributed by atoms with E-state index in [-0.39, 0.29) is 12.1 Å². The maximum absolute atomic E-state index is 13.5. The summed E-state index contributed by atoms with van der Waals surface area (Å²) in [6.07, 6.45) is -1.70. The van der Waals surface area contributed by atoms with Crippen LogP contribution in [0.5, 0.6) is 0 Å². The predicted octanol–water partition coefficient (Wildman–Crippen LogP) is 2.95. The first kappa shape index (κ1) is 22.1. The van der Waals surface area contributed by atoms with Crippen molar-refractivity contribution in [3.8, 4) is 0 Å².